The summed E-state index contributed by atoms with van der Waals surface area (Å²) in [4.78, 5) is 50.1. The highest BCUT2D eigenvalue weighted by molar-refractivity contribution is 8.00. The highest BCUT2D eigenvalue weighted by atomic mass is 35.5. The van der Waals surface area contributed by atoms with E-state index in [1.54, 1.807) is 55.5 Å². The number of carbonyl (C=O) groups excluding carboxylic acids is 3. The van der Waals surface area contributed by atoms with Crippen molar-refractivity contribution >= 4 is 93.3 Å². The molecule has 41 heavy (non-hydrogen) atoms. The maximum atomic E-state index is 12.9. The predicted molar refractivity (Wildman–Crippen MR) is 163 cm³/mol. The first-order chi connectivity index (χ1) is 19.4. The van der Waals surface area contributed by atoms with Crippen molar-refractivity contribution in [3.8, 4) is 0 Å². The van der Waals surface area contributed by atoms with Crippen LogP contribution >= 0.6 is 58.2 Å². The van der Waals surface area contributed by atoms with Gasteiger partial charge in [0.05, 0.1) is 48.6 Å². The summed E-state index contributed by atoms with van der Waals surface area (Å²) in [5.74, 6) is -3.01. The van der Waals surface area contributed by atoms with Gasteiger partial charge in [-0.3, -0.25) is 9.59 Å². The van der Waals surface area contributed by atoms with Crippen molar-refractivity contribution in [3.05, 3.63) is 85.3 Å². The van der Waals surface area contributed by atoms with E-state index in [1.165, 1.54) is 11.8 Å². The quantitative estimate of drug-likeness (QED) is 0.0623. The maximum Gasteiger partial charge on any atom is 0.338 e. The molecule has 3 N–H and O–H groups in total. The van der Waals surface area contributed by atoms with Crippen LogP contribution in [0.25, 0.3) is 0 Å². The largest absolute Gasteiger partial charge is 0.478 e. The average molecular weight is 658 g/mol. The molecule has 0 aliphatic rings. The van der Waals surface area contributed by atoms with Gasteiger partial charge in [0, 0.05) is 16.3 Å². The minimum absolute atomic E-state index is 0.242. The van der Waals surface area contributed by atoms with Crippen LogP contribution in [0, 0.1) is 0 Å². The third-order valence-corrected chi connectivity index (χ3v) is 8.54. The second-order valence-electron chi connectivity index (χ2n) is 8.61. The minimum Gasteiger partial charge on any atom is -0.478 e. The van der Waals surface area contributed by atoms with E-state index >= 15 is 0 Å². The van der Waals surface area contributed by atoms with Gasteiger partial charge >= 0.3 is 11.9 Å². The van der Waals surface area contributed by atoms with E-state index in [9.17, 15) is 24.3 Å². The highest BCUT2D eigenvalue weighted by Gasteiger charge is 2.29. The summed E-state index contributed by atoms with van der Waals surface area (Å²) in [6, 6.07) is 13.0. The summed E-state index contributed by atoms with van der Waals surface area (Å²) >= 11 is 25.4. The van der Waals surface area contributed by atoms with Crippen LogP contribution in [0.4, 0.5) is 11.4 Å². The number of benzene rings is 3. The lowest BCUT2D eigenvalue weighted by Crippen LogP contribution is -2.22. The van der Waals surface area contributed by atoms with Gasteiger partial charge in [0.2, 0.25) is 5.91 Å². The molecule has 0 saturated carbocycles. The first-order valence-electron chi connectivity index (χ1n) is 12.2. The van der Waals surface area contributed by atoms with Crippen LogP contribution in [0.1, 0.15) is 57.8 Å². The standard InChI is InChI=1S/C28H24Cl4N2O6S/c1-3-4-13-40-28(39)15-5-7-16(8-6-15)33-25(35)14(2)41-18-11-9-17(10-12-18)34-26(36)19-20(27(37)38)22(30)24(32)23(31)21(19)29/h5-12,14H,3-4,13H2,1-2H3,(H,33,35)(H,34,36)(H,37,38). The van der Waals surface area contributed by atoms with Crippen LogP contribution in [-0.2, 0) is 9.53 Å². The molecule has 3 aromatic carbocycles. The monoisotopic (exact) mass is 656 g/mol. The van der Waals surface area contributed by atoms with Crippen molar-refractivity contribution in [1.82, 2.24) is 0 Å². The third kappa shape index (κ3) is 8.30. The number of rotatable bonds is 11. The molecule has 13 heteroatoms. The van der Waals surface area contributed by atoms with Crippen molar-refractivity contribution in [2.24, 2.45) is 0 Å². The summed E-state index contributed by atoms with van der Waals surface area (Å²) in [5, 5.41) is 13.2. The van der Waals surface area contributed by atoms with Crippen LogP contribution < -0.4 is 10.6 Å². The number of carboxylic acids is 1. The van der Waals surface area contributed by atoms with Gasteiger partial charge in [-0.2, -0.15) is 0 Å². The fourth-order valence-corrected chi connectivity index (χ4v) is 5.33. The average Bonchev–Trinajstić information content (AvgIpc) is 2.94. The molecule has 3 aromatic rings. The molecular weight excluding hydrogens is 634 g/mol. The normalized spacial score (nSPS) is 11.5. The van der Waals surface area contributed by atoms with Crippen LogP contribution in [0.15, 0.2) is 53.4 Å². The Morgan fingerprint density at radius 1 is 0.829 bits per heavy atom. The lowest BCUT2D eigenvalue weighted by Gasteiger charge is -2.15. The van der Waals surface area contributed by atoms with Gasteiger partial charge in [-0.15, -0.1) is 11.8 Å². The second kappa shape index (κ2) is 14.8. The zero-order valence-electron chi connectivity index (χ0n) is 21.7. The van der Waals surface area contributed by atoms with E-state index in [1.807, 2.05) is 6.92 Å². The lowest BCUT2D eigenvalue weighted by molar-refractivity contribution is -0.115. The van der Waals surface area contributed by atoms with E-state index in [-0.39, 0.29) is 21.0 Å². The molecule has 0 fully saturated rings. The Kier molecular flexibility index (Phi) is 11.7. The third-order valence-electron chi connectivity index (χ3n) is 5.62. The molecule has 8 nitrogen and oxygen atoms in total. The number of anilines is 2. The highest BCUT2D eigenvalue weighted by Crippen LogP contribution is 2.42. The van der Waals surface area contributed by atoms with Crippen LogP contribution in [-0.4, -0.2) is 40.7 Å². The van der Waals surface area contributed by atoms with E-state index in [0.29, 0.717) is 23.5 Å². The maximum absolute atomic E-state index is 12.9. The number of halogens is 4. The van der Waals surface area contributed by atoms with Crippen molar-refractivity contribution in [1.29, 1.82) is 0 Å². The number of hydrogen-bond acceptors (Lipinski definition) is 6. The molecule has 1 unspecified atom stereocenters. The molecule has 216 valence electrons. The van der Waals surface area contributed by atoms with Gasteiger partial charge in [-0.1, -0.05) is 59.7 Å². The number of nitrogens with one attached hydrogen (secondary N) is 2. The van der Waals surface area contributed by atoms with Crippen molar-refractivity contribution < 1.29 is 29.0 Å². The van der Waals surface area contributed by atoms with Crippen LogP contribution in [0.2, 0.25) is 20.1 Å². The fourth-order valence-electron chi connectivity index (χ4n) is 3.44. The van der Waals surface area contributed by atoms with E-state index in [0.717, 1.165) is 17.7 Å². The zero-order valence-corrected chi connectivity index (χ0v) is 25.6. The summed E-state index contributed by atoms with van der Waals surface area (Å²) < 4.78 is 5.18. The van der Waals surface area contributed by atoms with Gasteiger partial charge in [-0.05, 0) is 61.9 Å². The Morgan fingerprint density at radius 3 is 1.93 bits per heavy atom. The number of ether oxygens (including phenoxy) is 1. The Labute approximate surface area is 260 Å². The van der Waals surface area contributed by atoms with Crippen molar-refractivity contribution in [2.75, 3.05) is 17.2 Å². The number of amides is 2. The molecule has 2 amide bonds. The molecule has 0 aliphatic carbocycles. The van der Waals surface area contributed by atoms with E-state index in [4.69, 9.17) is 51.1 Å². The fraction of sp³-hybridized carbons (Fsp3) is 0.214. The van der Waals surface area contributed by atoms with Crippen molar-refractivity contribution in [3.63, 3.8) is 0 Å². The second-order valence-corrected chi connectivity index (χ2v) is 11.5. The molecular formula is C28H24Cl4N2O6S. The number of hydrogen-bond donors (Lipinski definition) is 3. The molecule has 0 bridgehead atoms. The van der Waals surface area contributed by atoms with E-state index < -0.39 is 39.2 Å². The van der Waals surface area contributed by atoms with Crippen LogP contribution in [0.5, 0.6) is 0 Å². The molecule has 0 spiro atoms. The molecule has 0 aliphatic heterocycles. The lowest BCUT2D eigenvalue weighted by atomic mass is 10.1. The summed E-state index contributed by atoms with van der Waals surface area (Å²) in [6.07, 6.45) is 1.72. The van der Waals surface area contributed by atoms with Crippen LogP contribution in [0.3, 0.4) is 0 Å². The van der Waals surface area contributed by atoms with E-state index in [2.05, 4.69) is 10.6 Å². The SMILES string of the molecule is CCCCOC(=O)c1ccc(NC(=O)C(C)Sc2ccc(NC(=O)c3c(Cl)c(Cl)c(Cl)c(Cl)c3C(=O)O)cc2)cc1. The number of thioether (sulfide) groups is 1. The van der Waals surface area contributed by atoms with Gasteiger partial charge in [0.25, 0.3) is 5.91 Å². The molecule has 0 saturated heterocycles. The smallest absolute Gasteiger partial charge is 0.338 e. The summed E-state index contributed by atoms with van der Waals surface area (Å²) in [5.41, 5.74) is 0.269. The molecule has 0 heterocycles. The number of esters is 1. The Morgan fingerprint density at radius 2 is 1.37 bits per heavy atom. The number of carboxylic acid groups (broad SMARTS) is 1. The predicted octanol–water partition coefficient (Wildman–Crippen LogP) is 8.33. The Bertz CT molecular complexity index is 1470. The summed E-state index contributed by atoms with van der Waals surface area (Å²) in [6.45, 7) is 4.11. The zero-order chi connectivity index (χ0) is 30.3. The Balaban J connectivity index is 1.61. The van der Waals surface area contributed by atoms with Gasteiger partial charge in [0.1, 0.15) is 0 Å². The molecule has 1 atom stereocenters. The molecule has 0 aromatic heterocycles. The first-order valence-corrected chi connectivity index (χ1v) is 14.6. The summed E-state index contributed by atoms with van der Waals surface area (Å²) in [7, 11) is 0. The van der Waals surface area contributed by atoms with Gasteiger partial charge in [-0.25, -0.2) is 9.59 Å². The number of unbranched alkanes of at least 4 members (excludes halogenated alkanes) is 1. The topological polar surface area (TPSA) is 122 Å². The number of carbonyl (C=O) groups is 4. The van der Waals surface area contributed by atoms with Gasteiger partial charge in [0.15, 0.2) is 0 Å². The Hall–Kier alpha value is -2.95. The molecule has 0 radical (unpaired) electrons. The first kappa shape index (κ1) is 32.6. The molecule has 3 rings (SSSR count). The van der Waals surface area contributed by atoms with Crippen molar-refractivity contribution in [2.45, 2.75) is 36.8 Å². The minimum atomic E-state index is -1.50. The number of aromatic carboxylic acids is 1. The van der Waals surface area contributed by atoms with Gasteiger partial charge < -0.3 is 20.5 Å².